The van der Waals surface area contributed by atoms with E-state index >= 15 is 0 Å². The number of hydrogen-bond donors (Lipinski definition) is 1. The Morgan fingerprint density at radius 3 is 1.98 bits per heavy atom. The van der Waals surface area contributed by atoms with E-state index in [0.717, 1.165) is 64.2 Å². The molecule has 0 radical (unpaired) electrons. The van der Waals surface area contributed by atoms with E-state index in [2.05, 4.69) is 62.5 Å². The molecule has 1 rings (SSSR count). The third-order valence-corrected chi connectivity index (χ3v) is 9.74. The summed E-state index contributed by atoms with van der Waals surface area (Å²) in [7, 11) is 1.42. The van der Waals surface area contributed by atoms with Gasteiger partial charge in [0.15, 0.2) is 6.10 Å². The minimum atomic E-state index is -4.40. The molecule has 1 aliphatic rings. The highest BCUT2D eigenvalue weighted by Crippen LogP contribution is 2.43. The summed E-state index contributed by atoms with van der Waals surface area (Å²) in [4.78, 5) is 35.3. The average molecular weight is 769 g/mol. The molecule has 0 bridgehead atoms. The number of rotatable bonds is 35. The minimum Gasteiger partial charge on any atom is -0.462 e. The molecule has 1 N–H and O–H groups in total. The average Bonchev–Trinajstić information content (AvgIpc) is 3.85. The molecule has 0 aliphatic carbocycles. The van der Waals surface area contributed by atoms with Gasteiger partial charge < -0.3 is 23.6 Å². The maximum absolute atomic E-state index is 12.7. The van der Waals surface area contributed by atoms with Crippen molar-refractivity contribution < 1.29 is 46.8 Å². The lowest BCUT2D eigenvalue weighted by atomic mass is 10.1. The Hall–Kier alpha value is -2.07. The Bertz CT molecular complexity index is 1110. The van der Waals surface area contributed by atoms with E-state index in [0.29, 0.717) is 23.9 Å². The molecular formula is C42H75NO9P+. The number of hydrogen-bond acceptors (Lipinski definition) is 8. The molecule has 1 aliphatic heterocycles. The number of carbonyl (C=O) groups excluding carboxylic acids is 2. The number of allylic oxidation sites excluding steroid dienone is 7. The molecule has 1 saturated heterocycles. The van der Waals surface area contributed by atoms with Crippen molar-refractivity contribution in [3.8, 4) is 0 Å². The number of likely N-dealkylation sites (N-methyl/N-ethyl adjacent to an activating group) is 1. The van der Waals surface area contributed by atoms with Gasteiger partial charge in [0.05, 0.1) is 40.0 Å². The van der Waals surface area contributed by atoms with Crippen LogP contribution in [-0.2, 0) is 37.4 Å². The molecule has 53 heavy (non-hydrogen) atoms. The summed E-state index contributed by atoms with van der Waals surface area (Å²) < 4.78 is 40.0. The number of phosphoric ester groups is 1. The monoisotopic (exact) mass is 769 g/mol. The summed E-state index contributed by atoms with van der Waals surface area (Å²) >= 11 is 0. The normalized spacial score (nSPS) is 18.0. The number of ether oxygens (including phenoxy) is 3. The predicted molar refractivity (Wildman–Crippen MR) is 214 cm³/mol. The fourth-order valence-electron chi connectivity index (χ4n) is 5.37. The summed E-state index contributed by atoms with van der Waals surface area (Å²) in [6.07, 6.45) is 36.1. The van der Waals surface area contributed by atoms with Crippen LogP contribution in [0.3, 0.4) is 0 Å². The molecule has 1 heterocycles. The van der Waals surface area contributed by atoms with Crippen LogP contribution in [0.1, 0.15) is 142 Å². The Kier molecular flexibility index (Phi) is 28.8. The standard InChI is InChI=1S/C42H74NO9P/c1-6-8-10-12-14-16-18-20-21-23-25-27-30-39-40(52-39)31-29-33-42(45)51-38(37-50-53(46,47)49-35-34-43(3,4)5)36-48-41(44)32-28-26-24-22-19-17-15-13-11-9-7-2/h13-16,20-21,25,27,38-40H,6-12,17-19,22-24,26,28-37H2,1-5H3/p+1/b15-13-,16-14-,21-20-,27-25-/t38-,39?,40?/m1/s1. The van der Waals surface area contributed by atoms with E-state index in [9.17, 15) is 19.0 Å². The molecule has 10 nitrogen and oxygen atoms in total. The van der Waals surface area contributed by atoms with Gasteiger partial charge in [-0.15, -0.1) is 0 Å². The van der Waals surface area contributed by atoms with Gasteiger partial charge in [-0.1, -0.05) is 107 Å². The third kappa shape index (κ3) is 31.9. The molecule has 11 heteroatoms. The number of epoxide rings is 1. The predicted octanol–water partition coefficient (Wildman–Crippen LogP) is 10.1. The Balaban J connectivity index is 2.38. The zero-order valence-corrected chi connectivity index (χ0v) is 34.8. The highest BCUT2D eigenvalue weighted by atomic mass is 31.2. The lowest BCUT2D eigenvalue weighted by molar-refractivity contribution is -0.870. The maximum Gasteiger partial charge on any atom is 0.472 e. The molecule has 0 spiro atoms. The first kappa shape index (κ1) is 48.9. The number of unbranched alkanes of at least 4 members (excludes halogenated alkanes) is 10. The van der Waals surface area contributed by atoms with Gasteiger partial charge in [-0.05, 0) is 70.6 Å². The smallest absolute Gasteiger partial charge is 0.462 e. The van der Waals surface area contributed by atoms with Crippen LogP contribution in [-0.4, -0.2) is 87.1 Å². The number of esters is 2. The largest absolute Gasteiger partial charge is 0.472 e. The topological polar surface area (TPSA) is 121 Å². The Morgan fingerprint density at radius 1 is 0.698 bits per heavy atom. The van der Waals surface area contributed by atoms with Crippen LogP contribution in [0.2, 0.25) is 0 Å². The molecule has 0 saturated carbocycles. The summed E-state index contributed by atoms with van der Waals surface area (Å²) in [6.45, 7) is 4.23. The van der Waals surface area contributed by atoms with E-state index in [1.54, 1.807) is 0 Å². The van der Waals surface area contributed by atoms with Crippen molar-refractivity contribution in [2.45, 2.75) is 161 Å². The van der Waals surface area contributed by atoms with Gasteiger partial charge in [0.1, 0.15) is 19.8 Å². The lowest BCUT2D eigenvalue weighted by Gasteiger charge is -2.24. The first-order valence-corrected chi connectivity index (χ1v) is 22.0. The Labute approximate surface area is 322 Å². The fourth-order valence-corrected chi connectivity index (χ4v) is 6.12. The molecule has 3 unspecified atom stereocenters. The third-order valence-electron chi connectivity index (χ3n) is 8.76. The van der Waals surface area contributed by atoms with Gasteiger partial charge >= 0.3 is 19.8 Å². The molecule has 306 valence electrons. The van der Waals surface area contributed by atoms with Crippen molar-refractivity contribution in [1.82, 2.24) is 0 Å². The van der Waals surface area contributed by atoms with Crippen LogP contribution in [0.25, 0.3) is 0 Å². The van der Waals surface area contributed by atoms with Crippen molar-refractivity contribution in [3.63, 3.8) is 0 Å². The van der Waals surface area contributed by atoms with E-state index in [-0.39, 0.29) is 38.3 Å². The Morgan fingerprint density at radius 2 is 1.28 bits per heavy atom. The van der Waals surface area contributed by atoms with Crippen molar-refractivity contribution >= 4 is 19.8 Å². The van der Waals surface area contributed by atoms with Gasteiger partial charge in [0.25, 0.3) is 0 Å². The van der Waals surface area contributed by atoms with Crippen LogP contribution in [0.15, 0.2) is 48.6 Å². The van der Waals surface area contributed by atoms with Crippen LogP contribution in [0.4, 0.5) is 0 Å². The fraction of sp³-hybridized carbons (Fsp3) is 0.762. The molecule has 4 atom stereocenters. The van der Waals surface area contributed by atoms with E-state index in [1.807, 2.05) is 21.1 Å². The minimum absolute atomic E-state index is 0.0145. The van der Waals surface area contributed by atoms with Gasteiger partial charge in [-0.3, -0.25) is 18.6 Å². The lowest BCUT2D eigenvalue weighted by Crippen LogP contribution is -2.37. The van der Waals surface area contributed by atoms with Crippen LogP contribution < -0.4 is 0 Å². The molecule has 0 amide bonds. The van der Waals surface area contributed by atoms with Crippen LogP contribution >= 0.6 is 7.82 Å². The highest BCUT2D eigenvalue weighted by Gasteiger charge is 2.37. The van der Waals surface area contributed by atoms with Crippen molar-refractivity contribution in [2.75, 3.05) is 47.5 Å². The second-order valence-corrected chi connectivity index (χ2v) is 16.5. The van der Waals surface area contributed by atoms with E-state index in [1.165, 1.54) is 38.5 Å². The number of quaternary nitrogens is 1. The van der Waals surface area contributed by atoms with Crippen LogP contribution in [0.5, 0.6) is 0 Å². The summed E-state index contributed by atoms with van der Waals surface area (Å²) in [5, 5.41) is 0. The highest BCUT2D eigenvalue weighted by molar-refractivity contribution is 7.47. The van der Waals surface area contributed by atoms with Crippen LogP contribution in [0, 0.1) is 0 Å². The van der Waals surface area contributed by atoms with Crippen molar-refractivity contribution in [3.05, 3.63) is 48.6 Å². The van der Waals surface area contributed by atoms with Gasteiger partial charge in [0.2, 0.25) is 0 Å². The first-order chi connectivity index (χ1) is 25.5. The zero-order chi connectivity index (χ0) is 39.0. The van der Waals surface area contributed by atoms with Crippen molar-refractivity contribution in [2.24, 2.45) is 0 Å². The summed E-state index contributed by atoms with van der Waals surface area (Å²) in [5.41, 5.74) is 0. The first-order valence-electron chi connectivity index (χ1n) is 20.5. The van der Waals surface area contributed by atoms with Gasteiger partial charge in [-0.25, -0.2) is 4.57 Å². The quantitative estimate of drug-likeness (QED) is 0.0168. The van der Waals surface area contributed by atoms with Gasteiger partial charge in [-0.2, -0.15) is 0 Å². The second-order valence-electron chi connectivity index (χ2n) is 15.0. The number of nitrogens with zero attached hydrogens (tertiary/aromatic N) is 1. The number of carbonyl (C=O) groups is 2. The van der Waals surface area contributed by atoms with Crippen molar-refractivity contribution in [1.29, 1.82) is 0 Å². The molecular weight excluding hydrogens is 693 g/mol. The second kappa shape index (κ2) is 31.2. The molecule has 0 aromatic carbocycles. The molecule has 0 aromatic rings. The SMILES string of the molecule is CCCC/C=C\CCCCCCCC(=O)OC[C@H](COP(=O)(O)OCC[N+](C)(C)C)OC(=O)CCCC1OC1C/C=C\C/C=C\C/C=C\CCCCC. The molecule has 1 fully saturated rings. The number of phosphoric acid groups is 1. The maximum atomic E-state index is 12.7. The summed E-state index contributed by atoms with van der Waals surface area (Å²) in [6, 6.07) is 0. The molecule has 0 aromatic heterocycles. The van der Waals surface area contributed by atoms with Gasteiger partial charge in [0, 0.05) is 12.8 Å². The zero-order valence-electron chi connectivity index (χ0n) is 33.9. The summed E-state index contributed by atoms with van der Waals surface area (Å²) in [5.74, 6) is -0.892. The van der Waals surface area contributed by atoms with E-state index < -0.39 is 32.5 Å². The van der Waals surface area contributed by atoms with E-state index in [4.69, 9.17) is 23.3 Å².